The van der Waals surface area contributed by atoms with Gasteiger partial charge in [0.1, 0.15) is 6.17 Å². The molecule has 1 saturated heterocycles. The third kappa shape index (κ3) is 3.01. The zero-order valence-corrected chi connectivity index (χ0v) is 14.4. The third-order valence-corrected chi connectivity index (χ3v) is 6.58. The number of hydrogen-bond acceptors (Lipinski definition) is 4. The Kier molecular flexibility index (Phi) is 4.92. The molecule has 5 heteroatoms. The average Bonchev–Trinajstić information content (AvgIpc) is 3.14. The van der Waals surface area contributed by atoms with Crippen LogP contribution in [0, 0.1) is 0 Å². The van der Waals surface area contributed by atoms with Crippen molar-refractivity contribution < 1.29 is 4.79 Å². The highest BCUT2D eigenvalue weighted by Gasteiger charge is 2.43. The van der Waals surface area contributed by atoms with Gasteiger partial charge in [0.2, 0.25) is 5.91 Å². The second-order valence-electron chi connectivity index (χ2n) is 6.01. The largest absolute Gasteiger partial charge is 0.319 e. The maximum absolute atomic E-state index is 12.8. The predicted octanol–water partition coefficient (Wildman–Crippen LogP) is 3.63. The average molecular weight is 325 g/mol. The third-order valence-electron chi connectivity index (χ3n) is 4.78. The van der Waals surface area contributed by atoms with Crippen LogP contribution in [0.1, 0.15) is 50.8 Å². The molecule has 0 aromatic carbocycles. The molecule has 4 unspecified atom stereocenters. The molecular weight excluding hydrogens is 300 g/mol. The normalized spacial score (nSPS) is 33.6. The molecule has 2 aliphatic rings. The summed E-state index contributed by atoms with van der Waals surface area (Å²) in [6.07, 6.45) is 7.99. The van der Waals surface area contributed by atoms with Crippen molar-refractivity contribution in [1.82, 2.24) is 10.2 Å². The Bertz CT molecular complexity index is 477. The van der Waals surface area contributed by atoms with Gasteiger partial charge >= 0.3 is 0 Å². The lowest BCUT2D eigenvalue weighted by molar-refractivity contribution is -0.133. The number of thiophene rings is 1. The zero-order chi connectivity index (χ0) is 14.8. The molecule has 0 bridgehead atoms. The molecule has 0 spiro atoms. The fourth-order valence-electron chi connectivity index (χ4n) is 3.61. The van der Waals surface area contributed by atoms with Crippen LogP contribution in [0.3, 0.4) is 0 Å². The lowest BCUT2D eigenvalue weighted by Crippen LogP contribution is -2.43. The van der Waals surface area contributed by atoms with E-state index in [4.69, 9.17) is 0 Å². The van der Waals surface area contributed by atoms with E-state index in [0.717, 1.165) is 19.3 Å². The van der Waals surface area contributed by atoms with Crippen molar-refractivity contribution in [3.63, 3.8) is 0 Å². The van der Waals surface area contributed by atoms with E-state index in [2.05, 4.69) is 40.2 Å². The maximum atomic E-state index is 12.8. The van der Waals surface area contributed by atoms with Gasteiger partial charge in [-0.2, -0.15) is 23.1 Å². The molecule has 4 atom stereocenters. The fourth-order valence-corrected chi connectivity index (χ4v) is 5.10. The van der Waals surface area contributed by atoms with Crippen LogP contribution in [0.5, 0.6) is 0 Å². The molecule has 1 N–H and O–H groups in total. The molecule has 1 saturated carbocycles. The first kappa shape index (κ1) is 15.4. The van der Waals surface area contributed by atoms with E-state index in [-0.39, 0.29) is 12.2 Å². The van der Waals surface area contributed by atoms with E-state index in [1.165, 1.54) is 18.4 Å². The fraction of sp³-hybridized carbons (Fsp3) is 0.688. The van der Waals surface area contributed by atoms with Gasteiger partial charge in [0, 0.05) is 11.3 Å². The molecule has 3 rings (SSSR count). The van der Waals surface area contributed by atoms with Crippen LogP contribution in [0.15, 0.2) is 16.8 Å². The van der Waals surface area contributed by atoms with E-state index >= 15 is 0 Å². The standard InChI is InChI=1S/C16H24N2OS2/c1-3-14-16(19)18(12-5-4-6-13(9-12)20-2)15(17-14)11-7-8-21-10-11/h7-8,10,12-15,17H,3-6,9H2,1-2H3. The van der Waals surface area contributed by atoms with E-state index in [1.54, 1.807) is 11.3 Å². The number of carbonyl (C=O) groups excluding carboxylic acids is 1. The number of rotatable bonds is 4. The summed E-state index contributed by atoms with van der Waals surface area (Å²) in [6.45, 7) is 2.09. The summed E-state index contributed by atoms with van der Waals surface area (Å²) in [7, 11) is 0. The van der Waals surface area contributed by atoms with Crippen LogP contribution in [0.2, 0.25) is 0 Å². The first-order valence-electron chi connectivity index (χ1n) is 7.87. The highest BCUT2D eigenvalue weighted by Crippen LogP contribution is 2.37. The smallest absolute Gasteiger partial charge is 0.241 e. The highest BCUT2D eigenvalue weighted by molar-refractivity contribution is 7.99. The van der Waals surface area contributed by atoms with Gasteiger partial charge in [-0.3, -0.25) is 10.1 Å². The van der Waals surface area contributed by atoms with Gasteiger partial charge in [-0.25, -0.2) is 0 Å². The summed E-state index contributed by atoms with van der Waals surface area (Å²) < 4.78 is 0. The van der Waals surface area contributed by atoms with Crippen molar-refractivity contribution in [1.29, 1.82) is 0 Å². The molecule has 1 amide bonds. The van der Waals surface area contributed by atoms with Crippen molar-refractivity contribution in [3.8, 4) is 0 Å². The summed E-state index contributed by atoms with van der Waals surface area (Å²) in [5, 5.41) is 8.53. The van der Waals surface area contributed by atoms with Gasteiger partial charge in [-0.15, -0.1) is 0 Å². The molecule has 3 nitrogen and oxygen atoms in total. The Hall–Kier alpha value is -0.520. The first-order valence-corrected chi connectivity index (χ1v) is 10.1. The van der Waals surface area contributed by atoms with Crippen LogP contribution >= 0.6 is 23.1 Å². The lowest BCUT2D eigenvalue weighted by Gasteiger charge is -2.37. The van der Waals surface area contributed by atoms with Crippen molar-refractivity contribution in [2.75, 3.05) is 6.26 Å². The SMILES string of the molecule is CCC1NC(c2ccsc2)N(C2CCCC(SC)C2)C1=O. The molecule has 0 radical (unpaired) electrons. The second kappa shape index (κ2) is 6.71. The van der Waals surface area contributed by atoms with Crippen LogP contribution < -0.4 is 5.32 Å². The maximum Gasteiger partial charge on any atom is 0.241 e. The Balaban J connectivity index is 1.83. The minimum absolute atomic E-state index is 0.00967. The van der Waals surface area contributed by atoms with Crippen molar-refractivity contribution in [2.24, 2.45) is 0 Å². The van der Waals surface area contributed by atoms with Crippen molar-refractivity contribution in [3.05, 3.63) is 22.4 Å². The molecule has 1 aromatic rings. The molecule has 1 aliphatic carbocycles. The molecule has 1 aliphatic heterocycles. The van der Waals surface area contributed by atoms with Crippen molar-refractivity contribution >= 4 is 29.0 Å². The number of thioether (sulfide) groups is 1. The highest BCUT2D eigenvalue weighted by atomic mass is 32.2. The molecule has 1 aromatic heterocycles. The number of hydrogen-bond donors (Lipinski definition) is 1. The van der Waals surface area contributed by atoms with Gasteiger partial charge in [-0.1, -0.05) is 13.3 Å². The minimum atomic E-state index is -0.00967. The molecule has 116 valence electrons. The Labute approximate surface area is 135 Å². The lowest BCUT2D eigenvalue weighted by atomic mass is 9.93. The zero-order valence-electron chi connectivity index (χ0n) is 12.7. The topological polar surface area (TPSA) is 32.3 Å². The van der Waals surface area contributed by atoms with Gasteiger partial charge in [0.05, 0.1) is 6.04 Å². The predicted molar refractivity (Wildman–Crippen MR) is 90.7 cm³/mol. The molecular formula is C16H24N2OS2. The van der Waals surface area contributed by atoms with Gasteiger partial charge in [0.25, 0.3) is 0 Å². The number of carbonyl (C=O) groups is 1. The quantitative estimate of drug-likeness (QED) is 0.918. The summed E-state index contributed by atoms with van der Waals surface area (Å²) in [4.78, 5) is 15.0. The van der Waals surface area contributed by atoms with Crippen molar-refractivity contribution in [2.45, 2.75) is 62.5 Å². The number of amides is 1. The Morgan fingerprint density at radius 2 is 2.33 bits per heavy atom. The molecule has 2 fully saturated rings. The van der Waals surface area contributed by atoms with E-state index in [1.807, 2.05) is 11.8 Å². The molecule has 21 heavy (non-hydrogen) atoms. The number of nitrogens with one attached hydrogen (secondary N) is 1. The second-order valence-corrected chi connectivity index (χ2v) is 7.93. The summed E-state index contributed by atoms with van der Waals surface area (Å²) >= 11 is 3.67. The summed E-state index contributed by atoms with van der Waals surface area (Å²) in [6, 6.07) is 2.54. The van der Waals surface area contributed by atoms with Crippen LogP contribution in [-0.2, 0) is 4.79 Å². The van der Waals surface area contributed by atoms with Gasteiger partial charge < -0.3 is 4.90 Å². The summed E-state index contributed by atoms with van der Waals surface area (Å²) in [5.74, 6) is 0.306. The Morgan fingerprint density at radius 1 is 1.48 bits per heavy atom. The number of nitrogens with zero attached hydrogens (tertiary/aromatic N) is 1. The van der Waals surface area contributed by atoms with Crippen LogP contribution in [0.4, 0.5) is 0 Å². The van der Waals surface area contributed by atoms with Crippen LogP contribution in [-0.4, -0.2) is 34.4 Å². The van der Waals surface area contributed by atoms with Gasteiger partial charge in [0.15, 0.2) is 0 Å². The Morgan fingerprint density at radius 3 is 3.00 bits per heavy atom. The van der Waals surface area contributed by atoms with E-state index in [9.17, 15) is 4.79 Å². The monoisotopic (exact) mass is 324 g/mol. The van der Waals surface area contributed by atoms with E-state index in [0.29, 0.717) is 17.2 Å². The first-order chi connectivity index (χ1) is 10.2. The van der Waals surface area contributed by atoms with Gasteiger partial charge in [-0.05, 0) is 54.3 Å². The van der Waals surface area contributed by atoms with E-state index < -0.39 is 0 Å². The van der Waals surface area contributed by atoms with Crippen LogP contribution in [0.25, 0.3) is 0 Å². The molecule has 2 heterocycles. The summed E-state index contributed by atoms with van der Waals surface area (Å²) in [5.41, 5.74) is 1.25. The minimum Gasteiger partial charge on any atom is -0.319 e.